The van der Waals surface area contributed by atoms with E-state index in [1.165, 1.54) is 18.2 Å². The number of aromatic nitrogens is 2. The number of nitrogens with one attached hydrogen (secondary N) is 3. The van der Waals surface area contributed by atoms with Gasteiger partial charge in [-0.3, -0.25) is 14.2 Å². The van der Waals surface area contributed by atoms with Crippen molar-refractivity contribution < 1.29 is 9.18 Å². The number of rotatable bonds is 3. The van der Waals surface area contributed by atoms with Gasteiger partial charge in [-0.1, -0.05) is 6.07 Å². The van der Waals surface area contributed by atoms with E-state index in [0.717, 1.165) is 10.1 Å². The Morgan fingerprint density at radius 3 is 2.79 bits per heavy atom. The Balaban J connectivity index is 0.00000240. The van der Waals surface area contributed by atoms with Crippen LogP contribution in [0, 0.1) is 5.82 Å². The summed E-state index contributed by atoms with van der Waals surface area (Å²) >= 11 is 0. The van der Waals surface area contributed by atoms with Gasteiger partial charge in [0.15, 0.2) is 0 Å². The van der Waals surface area contributed by atoms with Crippen molar-refractivity contribution in [2.45, 2.75) is 26.4 Å². The van der Waals surface area contributed by atoms with E-state index >= 15 is 0 Å². The van der Waals surface area contributed by atoms with Gasteiger partial charge < -0.3 is 15.6 Å². The summed E-state index contributed by atoms with van der Waals surface area (Å²) in [6, 6.07) is 7.74. The first kappa shape index (κ1) is 20.8. The minimum Gasteiger partial charge on any atom is -0.319 e. The summed E-state index contributed by atoms with van der Waals surface area (Å²) in [7, 11) is 0. The molecule has 1 aliphatic rings. The normalized spacial score (nSPS) is 12.9. The van der Waals surface area contributed by atoms with Crippen LogP contribution in [0.1, 0.15) is 28.4 Å². The van der Waals surface area contributed by atoms with Crippen molar-refractivity contribution in [1.82, 2.24) is 14.9 Å². The number of hydrogen-bond acceptors (Lipinski definition) is 4. The minimum atomic E-state index is -0.535. The summed E-state index contributed by atoms with van der Waals surface area (Å²) in [6.45, 7) is 3.25. The summed E-state index contributed by atoms with van der Waals surface area (Å²) < 4.78 is 15.8. The second-order valence-corrected chi connectivity index (χ2v) is 6.69. The first-order valence-electron chi connectivity index (χ1n) is 9.08. The van der Waals surface area contributed by atoms with Crippen molar-refractivity contribution in [2.24, 2.45) is 0 Å². The van der Waals surface area contributed by atoms with E-state index in [2.05, 4.69) is 15.6 Å². The fourth-order valence-electron chi connectivity index (χ4n) is 3.51. The fourth-order valence-corrected chi connectivity index (χ4v) is 3.51. The molecule has 0 saturated carbocycles. The molecule has 0 fully saturated rings. The number of fused-ring (bicyclic) bond motifs is 2. The van der Waals surface area contributed by atoms with Crippen molar-refractivity contribution >= 4 is 34.9 Å². The second kappa shape index (κ2) is 8.18. The number of benzene rings is 2. The van der Waals surface area contributed by atoms with Gasteiger partial charge in [0.1, 0.15) is 5.82 Å². The highest BCUT2D eigenvalue weighted by Gasteiger charge is 2.18. The molecule has 9 heteroatoms. The lowest BCUT2D eigenvalue weighted by Gasteiger charge is -2.19. The van der Waals surface area contributed by atoms with Crippen LogP contribution in [-0.4, -0.2) is 22.0 Å². The Kier molecular flexibility index (Phi) is 5.86. The van der Waals surface area contributed by atoms with E-state index < -0.39 is 23.0 Å². The van der Waals surface area contributed by atoms with Gasteiger partial charge >= 0.3 is 5.69 Å². The topological polar surface area (TPSA) is 96.0 Å². The van der Waals surface area contributed by atoms with E-state index in [0.29, 0.717) is 30.5 Å². The van der Waals surface area contributed by atoms with Crippen molar-refractivity contribution in [3.63, 3.8) is 0 Å². The van der Waals surface area contributed by atoms with E-state index in [1.54, 1.807) is 19.1 Å². The zero-order valence-electron chi connectivity index (χ0n) is 15.7. The predicted molar refractivity (Wildman–Crippen MR) is 112 cm³/mol. The molecule has 1 amide bonds. The van der Waals surface area contributed by atoms with Gasteiger partial charge in [0.05, 0.1) is 16.6 Å². The van der Waals surface area contributed by atoms with Gasteiger partial charge in [0.25, 0.3) is 11.5 Å². The third-order valence-electron chi connectivity index (χ3n) is 5.02. The number of aromatic amines is 1. The molecule has 2 heterocycles. The molecule has 4 rings (SSSR count). The first-order valence-corrected chi connectivity index (χ1v) is 9.08. The van der Waals surface area contributed by atoms with Crippen molar-refractivity contribution in [3.05, 3.63) is 73.7 Å². The van der Waals surface area contributed by atoms with Gasteiger partial charge in [-0.25, -0.2) is 9.18 Å². The Hall–Kier alpha value is -2.97. The lowest BCUT2D eigenvalue weighted by atomic mass is 9.99. The van der Waals surface area contributed by atoms with E-state index in [1.807, 2.05) is 0 Å². The van der Waals surface area contributed by atoms with Crippen molar-refractivity contribution in [3.8, 4) is 0 Å². The van der Waals surface area contributed by atoms with Crippen LogP contribution in [0.2, 0.25) is 0 Å². The van der Waals surface area contributed by atoms with Gasteiger partial charge in [-0.05, 0) is 55.3 Å². The van der Waals surface area contributed by atoms with E-state index in [9.17, 15) is 18.8 Å². The lowest BCUT2D eigenvalue weighted by Crippen LogP contribution is -2.34. The third-order valence-corrected chi connectivity index (χ3v) is 5.02. The molecule has 2 aromatic carbocycles. The number of H-pyrrole nitrogens is 1. The molecule has 152 valence electrons. The number of hydrogen-bond donors (Lipinski definition) is 3. The zero-order chi connectivity index (χ0) is 19.8. The van der Waals surface area contributed by atoms with Gasteiger partial charge in [0, 0.05) is 18.7 Å². The standard InChI is InChI=1S/C20H19FN4O3.ClH/c1-2-25-19(27)14-5-3-11(9-16(14)24-20(25)28)18(26)23-15-6-4-12-10-22-8-7-13(12)17(15)21;/h3-6,9,22H,2,7-8,10H2,1H3,(H,23,26)(H,24,28);1H. The molecule has 1 aromatic heterocycles. The number of carbonyl (C=O) groups excluding carboxylic acids is 1. The number of nitrogens with zero attached hydrogens (tertiary/aromatic N) is 1. The van der Waals surface area contributed by atoms with Crippen LogP contribution >= 0.6 is 12.4 Å². The van der Waals surface area contributed by atoms with Crippen LogP contribution in [0.3, 0.4) is 0 Å². The fraction of sp³-hybridized carbons (Fsp3) is 0.250. The van der Waals surface area contributed by atoms with Crippen LogP contribution in [0.25, 0.3) is 10.9 Å². The van der Waals surface area contributed by atoms with Crippen molar-refractivity contribution in [1.29, 1.82) is 0 Å². The molecular formula is C20H20ClFN4O3. The second-order valence-electron chi connectivity index (χ2n) is 6.69. The maximum Gasteiger partial charge on any atom is 0.328 e. The quantitative estimate of drug-likeness (QED) is 0.607. The molecule has 0 aliphatic carbocycles. The summed E-state index contributed by atoms with van der Waals surface area (Å²) in [6.07, 6.45) is 0.561. The van der Waals surface area contributed by atoms with Crippen LogP contribution in [0.15, 0.2) is 39.9 Å². The number of anilines is 1. The maximum absolute atomic E-state index is 14.7. The molecule has 0 saturated heterocycles. The highest BCUT2D eigenvalue weighted by molar-refractivity contribution is 6.06. The third kappa shape index (κ3) is 3.68. The SMILES string of the molecule is CCn1c(=O)[nH]c2cc(C(=O)Nc3ccc4c(c3F)CCNC4)ccc2c1=O.Cl. The van der Waals surface area contributed by atoms with Crippen LogP contribution in [-0.2, 0) is 19.5 Å². The monoisotopic (exact) mass is 418 g/mol. The molecule has 3 N–H and O–H groups in total. The highest BCUT2D eigenvalue weighted by atomic mass is 35.5. The smallest absolute Gasteiger partial charge is 0.319 e. The molecule has 7 nitrogen and oxygen atoms in total. The number of halogens is 2. The summed E-state index contributed by atoms with van der Waals surface area (Å²) in [4.78, 5) is 39.5. The number of carbonyl (C=O) groups is 1. The minimum absolute atomic E-state index is 0. The molecule has 0 unspecified atom stereocenters. The van der Waals surface area contributed by atoms with Gasteiger partial charge in [-0.15, -0.1) is 12.4 Å². The number of amides is 1. The van der Waals surface area contributed by atoms with E-state index in [4.69, 9.17) is 0 Å². The maximum atomic E-state index is 14.7. The molecule has 1 aliphatic heterocycles. The molecule has 0 atom stereocenters. The Morgan fingerprint density at radius 1 is 1.24 bits per heavy atom. The molecule has 0 radical (unpaired) electrons. The average molecular weight is 419 g/mol. The van der Waals surface area contributed by atoms with Gasteiger partial charge in [0.2, 0.25) is 0 Å². The molecule has 29 heavy (non-hydrogen) atoms. The summed E-state index contributed by atoms with van der Waals surface area (Å²) in [5, 5.41) is 6.07. The van der Waals surface area contributed by atoms with E-state index in [-0.39, 0.29) is 35.7 Å². The molecule has 3 aromatic rings. The van der Waals surface area contributed by atoms with Crippen LogP contribution < -0.4 is 21.9 Å². The average Bonchev–Trinajstić information content (AvgIpc) is 2.70. The Bertz CT molecular complexity index is 1220. The zero-order valence-corrected chi connectivity index (χ0v) is 16.5. The summed E-state index contributed by atoms with van der Waals surface area (Å²) in [5.74, 6) is -0.942. The van der Waals surface area contributed by atoms with Crippen LogP contribution in [0.4, 0.5) is 10.1 Å². The lowest BCUT2D eigenvalue weighted by molar-refractivity contribution is 0.102. The largest absolute Gasteiger partial charge is 0.328 e. The summed E-state index contributed by atoms with van der Waals surface area (Å²) in [5.41, 5.74) is 1.15. The first-order chi connectivity index (χ1) is 13.5. The van der Waals surface area contributed by atoms with Gasteiger partial charge in [-0.2, -0.15) is 0 Å². The predicted octanol–water partition coefficient (Wildman–Crippen LogP) is 2.17. The molecule has 0 bridgehead atoms. The highest BCUT2D eigenvalue weighted by Crippen LogP contribution is 2.25. The molecule has 0 spiro atoms. The Morgan fingerprint density at radius 2 is 2.03 bits per heavy atom. The van der Waals surface area contributed by atoms with Crippen LogP contribution in [0.5, 0.6) is 0 Å². The molecular weight excluding hydrogens is 399 g/mol. The van der Waals surface area contributed by atoms with Crippen molar-refractivity contribution in [2.75, 3.05) is 11.9 Å². The Labute approximate surface area is 171 Å².